The third kappa shape index (κ3) is 183. The van der Waals surface area contributed by atoms with Crippen LogP contribution in [0.25, 0.3) is 0 Å². The van der Waals surface area contributed by atoms with Gasteiger partial charge in [-0.05, 0) is 0 Å². The van der Waals surface area contributed by atoms with Crippen LogP contribution in [-0.2, 0) is 11.5 Å². The Morgan fingerprint density at radius 2 is 0.538 bits per heavy atom. The molecule has 0 bridgehead atoms. The molecule has 0 spiro atoms. The summed E-state index contributed by atoms with van der Waals surface area (Å²) in [6.45, 7) is 0. The molecule has 0 fully saturated rings. The molecule has 13 heavy (non-hydrogen) atoms. The smallest absolute Gasteiger partial charge is 1.00 e. The summed E-state index contributed by atoms with van der Waals surface area (Å²) in [5, 5.41) is 0. The normalized spacial score (nSPS) is 5.85. The minimum atomic E-state index is -2.81. The van der Waals surface area contributed by atoms with E-state index in [0.717, 1.165) is 0 Å². The second-order valence-electron chi connectivity index (χ2n) is 0.271. The molecule has 0 aliphatic heterocycles. The van der Waals surface area contributed by atoms with Gasteiger partial charge in [-0.25, -0.2) is 0 Å². The predicted octanol–water partition coefficient (Wildman–Crippen LogP) is -12.5. The van der Waals surface area contributed by atoms with Crippen molar-refractivity contribution < 1.29 is 117 Å². The monoisotopic (exact) mass is 434 g/mol. The largest absolute Gasteiger partial charge is 1.00 e. The zero-order valence-electron chi connectivity index (χ0n) is 6.58. The van der Waals surface area contributed by atoms with E-state index in [1.165, 1.54) is 0 Å². The molecule has 0 rings (SSSR count). The molecule has 0 amide bonds. The minimum absolute atomic E-state index is 0. The van der Waals surface area contributed by atoms with Gasteiger partial charge in [0.2, 0.25) is 0 Å². The Hall–Kier alpha value is 4.24. The van der Waals surface area contributed by atoms with Gasteiger partial charge in [0.25, 0.3) is 0 Å². The molecular formula is H8Cl6Na2O4Pd. The average Bonchev–Trinajstić information content (AvgIpc) is 0.722. The van der Waals surface area contributed by atoms with Gasteiger partial charge in [0.1, 0.15) is 0 Å². The number of hydrogen-bond donors (Lipinski definition) is 0. The quantitative estimate of drug-likeness (QED) is 0.334. The molecule has 0 atom stereocenters. The van der Waals surface area contributed by atoms with Gasteiger partial charge in [0.15, 0.2) is 0 Å². The van der Waals surface area contributed by atoms with E-state index in [0.29, 0.717) is 0 Å². The third-order valence-electron chi connectivity index (χ3n) is 0. The van der Waals surface area contributed by atoms with Crippen LogP contribution in [0.5, 0.6) is 0 Å². The first kappa shape index (κ1) is 67.0. The van der Waals surface area contributed by atoms with E-state index in [9.17, 15) is 0 Å². The van der Waals surface area contributed by atoms with Crippen LogP contribution in [0.3, 0.4) is 0 Å². The molecule has 0 aromatic rings. The van der Waals surface area contributed by atoms with Crippen molar-refractivity contribution in [3.8, 4) is 0 Å². The summed E-state index contributed by atoms with van der Waals surface area (Å²) in [6.07, 6.45) is 0. The molecule has 0 radical (unpaired) electrons. The van der Waals surface area contributed by atoms with Crippen LogP contribution >= 0.6 is 38.1 Å². The van der Waals surface area contributed by atoms with Crippen molar-refractivity contribution in [1.29, 1.82) is 0 Å². The van der Waals surface area contributed by atoms with Crippen LogP contribution in [0.4, 0.5) is 0 Å². The first-order valence-corrected chi connectivity index (χ1v) is 8.49. The van der Waals surface area contributed by atoms with Crippen LogP contribution in [0, 0.1) is 0 Å². The molecule has 0 saturated heterocycles. The van der Waals surface area contributed by atoms with Crippen molar-refractivity contribution >= 4 is 38.1 Å². The Balaban J connectivity index is -0.00000000286. The van der Waals surface area contributed by atoms with Crippen molar-refractivity contribution in [3.63, 3.8) is 0 Å². The topological polar surface area (TPSA) is 126 Å². The van der Waals surface area contributed by atoms with Gasteiger partial charge in [-0.3, -0.25) is 0 Å². The summed E-state index contributed by atoms with van der Waals surface area (Å²) in [5.74, 6) is 0. The Morgan fingerprint density at radius 3 is 0.538 bits per heavy atom. The Labute approximate surface area is 152 Å². The molecule has 0 aliphatic rings. The zero-order chi connectivity index (χ0) is 4.50. The maximum absolute atomic E-state index is 4.98. The van der Waals surface area contributed by atoms with Crippen molar-refractivity contribution in [2.75, 3.05) is 0 Å². The summed E-state index contributed by atoms with van der Waals surface area (Å²) in [7, 11) is 19.9. The van der Waals surface area contributed by atoms with E-state index in [1.54, 1.807) is 0 Å². The summed E-state index contributed by atoms with van der Waals surface area (Å²) in [6, 6.07) is 0. The molecule has 0 aliphatic carbocycles. The van der Waals surface area contributed by atoms with Crippen LogP contribution in [-0.4, -0.2) is 21.9 Å². The van der Waals surface area contributed by atoms with Crippen molar-refractivity contribution in [3.05, 3.63) is 0 Å². The van der Waals surface area contributed by atoms with Gasteiger partial charge < -0.3 is 46.7 Å². The summed E-state index contributed by atoms with van der Waals surface area (Å²) < 4.78 is 0. The van der Waals surface area contributed by atoms with Gasteiger partial charge in [0, 0.05) is 0 Å². The van der Waals surface area contributed by atoms with Crippen LogP contribution in [0.2, 0.25) is 0 Å². The Bertz CT molecular complexity index is 38.1. The number of rotatable bonds is 0. The van der Waals surface area contributed by atoms with E-state index < -0.39 is 11.5 Å². The van der Waals surface area contributed by atoms with E-state index in [1.807, 2.05) is 0 Å². The Morgan fingerprint density at radius 1 is 0.538 bits per heavy atom. The maximum atomic E-state index is 4.98. The average molecular weight is 437 g/mol. The van der Waals surface area contributed by atoms with E-state index >= 15 is 0 Å². The van der Waals surface area contributed by atoms with Crippen molar-refractivity contribution in [1.82, 2.24) is 0 Å². The zero-order valence-corrected chi connectivity index (χ0v) is 16.7. The second kappa shape index (κ2) is 36.0. The number of hydrogen-bond acceptors (Lipinski definition) is 0. The van der Waals surface area contributed by atoms with Crippen molar-refractivity contribution in [2.45, 2.75) is 0 Å². The van der Waals surface area contributed by atoms with Crippen LogP contribution in [0.1, 0.15) is 0 Å². The molecule has 13 heteroatoms. The molecule has 4 nitrogen and oxygen atoms in total. The molecule has 0 unspecified atom stereocenters. The summed E-state index contributed by atoms with van der Waals surface area (Å²) >= 11 is -2.81. The minimum Gasteiger partial charge on any atom is 1.00 e. The number of halogens is 6. The van der Waals surface area contributed by atoms with E-state index in [2.05, 4.69) is 0 Å². The predicted molar refractivity (Wildman–Crippen MR) is 37.9 cm³/mol. The molecule has 0 heterocycles. The molecule has 0 saturated carbocycles. The second-order valence-corrected chi connectivity index (χ2v) is 14.4. The van der Waals surface area contributed by atoms with Crippen LogP contribution < -0.4 is 83.9 Å². The van der Waals surface area contributed by atoms with Crippen molar-refractivity contribution in [2.24, 2.45) is 0 Å². The van der Waals surface area contributed by atoms with Gasteiger partial charge >= 0.3 is 109 Å². The van der Waals surface area contributed by atoms with Gasteiger partial charge in [-0.1, -0.05) is 0 Å². The first-order valence-electron chi connectivity index (χ1n) is 0.478. The molecule has 86 valence electrons. The molecule has 0 aromatic carbocycles. The maximum Gasteiger partial charge on any atom is 1.00 e. The SMILES string of the molecule is O.O.O.O.[Cl-].[Cl-].[Cl][Pd]([Cl])([Cl])[Cl].[Na+].[Na+]. The molecule has 0 aromatic heterocycles. The van der Waals surface area contributed by atoms with Crippen LogP contribution in [0.15, 0.2) is 0 Å². The standard InChI is InChI=1S/6ClH.2Na.4H2O.Pd/h6*1H;;;4*1H2;/q;;;;;;2*+1;;;;;+4/p-6. The summed E-state index contributed by atoms with van der Waals surface area (Å²) in [5.41, 5.74) is 0. The first-order chi connectivity index (χ1) is 2.00. The van der Waals surface area contributed by atoms with Gasteiger partial charge in [-0.2, -0.15) is 0 Å². The van der Waals surface area contributed by atoms with E-state index in [-0.39, 0.29) is 106 Å². The third-order valence-corrected chi connectivity index (χ3v) is 0. The fourth-order valence-electron chi connectivity index (χ4n) is 0. The fourth-order valence-corrected chi connectivity index (χ4v) is 0. The summed E-state index contributed by atoms with van der Waals surface area (Å²) in [4.78, 5) is 0. The Kier molecular flexibility index (Phi) is 185. The fraction of sp³-hybridized carbons (Fsp3) is 0. The molecule has 8 N–H and O–H groups in total. The van der Waals surface area contributed by atoms with Gasteiger partial charge in [0.05, 0.1) is 0 Å². The molecular weight excluding hydrogens is 429 g/mol. The van der Waals surface area contributed by atoms with Gasteiger partial charge in [-0.15, -0.1) is 0 Å². The van der Waals surface area contributed by atoms with E-state index in [4.69, 9.17) is 38.1 Å².